The van der Waals surface area contributed by atoms with Crippen LogP contribution in [0.5, 0.6) is 0 Å². The van der Waals surface area contributed by atoms with Crippen LogP contribution >= 0.6 is 0 Å². The number of hydrogen-bond acceptors (Lipinski definition) is 6. The van der Waals surface area contributed by atoms with Crippen LogP contribution in [0.2, 0.25) is 0 Å². The maximum atomic E-state index is 12.0. The van der Waals surface area contributed by atoms with Crippen LogP contribution in [0.4, 0.5) is 0 Å². The fraction of sp³-hybridized carbons (Fsp3) is 0.455. The van der Waals surface area contributed by atoms with Crippen LogP contribution in [0.25, 0.3) is 0 Å². The van der Waals surface area contributed by atoms with Crippen LogP contribution in [0.1, 0.15) is 29.5 Å². The van der Waals surface area contributed by atoms with Crippen LogP contribution in [-0.2, 0) is 19.6 Å². The SMILES string of the molecule is CCC(NS(=O)(=O)c1cc(C(=O)OC)c(C)o1)C(=O)O. The number of hydrogen-bond donors (Lipinski definition) is 2. The molecule has 0 bridgehead atoms. The van der Waals surface area contributed by atoms with E-state index in [2.05, 4.69) is 4.74 Å². The number of furan rings is 1. The van der Waals surface area contributed by atoms with Gasteiger partial charge in [-0.2, -0.15) is 4.72 Å². The quantitative estimate of drug-likeness (QED) is 0.734. The molecule has 1 rings (SSSR count). The number of rotatable bonds is 6. The molecule has 8 nitrogen and oxygen atoms in total. The largest absolute Gasteiger partial charge is 0.480 e. The van der Waals surface area contributed by atoms with Crippen molar-refractivity contribution in [3.05, 3.63) is 17.4 Å². The number of aryl methyl sites for hydroxylation is 1. The average molecular weight is 305 g/mol. The number of sulfonamides is 1. The maximum absolute atomic E-state index is 12.0. The van der Waals surface area contributed by atoms with Crippen LogP contribution in [0.3, 0.4) is 0 Å². The van der Waals surface area contributed by atoms with Crippen molar-refractivity contribution in [1.29, 1.82) is 0 Å². The summed E-state index contributed by atoms with van der Waals surface area (Å²) in [7, 11) is -3.01. The van der Waals surface area contributed by atoms with E-state index < -0.39 is 33.1 Å². The third-order valence-corrected chi connectivity index (χ3v) is 3.89. The number of carboxylic acids is 1. The van der Waals surface area contributed by atoms with E-state index in [1.807, 2.05) is 4.72 Å². The Hall–Kier alpha value is -1.87. The first-order valence-electron chi connectivity index (χ1n) is 5.66. The molecule has 0 radical (unpaired) electrons. The van der Waals surface area contributed by atoms with Gasteiger partial charge in [-0.05, 0) is 13.3 Å². The molecule has 1 heterocycles. The van der Waals surface area contributed by atoms with Gasteiger partial charge in [-0.25, -0.2) is 13.2 Å². The van der Waals surface area contributed by atoms with Gasteiger partial charge < -0.3 is 14.3 Å². The van der Waals surface area contributed by atoms with Gasteiger partial charge in [-0.15, -0.1) is 0 Å². The zero-order valence-corrected chi connectivity index (χ0v) is 12.0. The first-order valence-corrected chi connectivity index (χ1v) is 7.15. The van der Waals surface area contributed by atoms with Gasteiger partial charge in [0, 0.05) is 6.07 Å². The predicted octanol–water partition coefficient (Wildman–Crippen LogP) is 0.516. The number of ether oxygens (including phenoxy) is 1. The number of methoxy groups -OCH3 is 1. The number of esters is 1. The van der Waals surface area contributed by atoms with Crippen LogP contribution in [-0.4, -0.2) is 38.6 Å². The molecule has 1 atom stereocenters. The van der Waals surface area contributed by atoms with Gasteiger partial charge in [-0.1, -0.05) is 6.92 Å². The van der Waals surface area contributed by atoms with Crippen molar-refractivity contribution < 1.29 is 32.3 Å². The lowest BCUT2D eigenvalue weighted by atomic mass is 10.2. The van der Waals surface area contributed by atoms with Gasteiger partial charge in [0.25, 0.3) is 10.0 Å². The smallest absolute Gasteiger partial charge is 0.341 e. The Balaban J connectivity index is 3.11. The molecule has 0 amide bonds. The molecule has 112 valence electrons. The summed E-state index contributed by atoms with van der Waals surface area (Å²) < 4.78 is 35.4. The lowest BCUT2D eigenvalue weighted by Gasteiger charge is -2.10. The number of carbonyl (C=O) groups is 2. The fourth-order valence-electron chi connectivity index (χ4n) is 1.45. The third-order valence-electron chi connectivity index (χ3n) is 2.57. The minimum absolute atomic E-state index is 0.0313. The molecule has 0 aliphatic rings. The summed E-state index contributed by atoms with van der Waals surface area (Å²) in [5, 5.41) is 8.31. The Morgan fingerprint density at radius 2 is 2.10 bits per heavy atom. The van der Waals surface area contributed by atoms with E-state index in [1.54, 1.807) is 0 Å². The Morgan fingerprint density at radius 3 is 2.55 bits per heavy atom. The van der Waals surface area contributed by atoms with Crippen molar-refractivity contribution in [2.45, 2.75) is 31.4 Å². The van der Waals surface area contributed by atoms with Crippen molar-refractivity contribution in [1.82, 2.24) is 4.72 Å². The lowest BCUT2D eigenvalue weighted by molar-refractivity contribution is -0.139. The van der Waals surface area contributed by atoms with Crippen molar-refractivity contribution in [3.8, 4) is 0 Å². The molecule has 1 aromatic heterocycles. The number of aliphatic carboxylic acids is 1. The monoisotopic (exact) mass is 305 g/mol. The van der Waals surface area contributed by atoms with E-state index >= 15 is 0 Å². The Kier molecular flexibility index (Phi) is 4.90. The van der Waals surface area contributed by atoms with Gasteiger partial charge in [0.05, 0.1) is 7.11 Å². The molecule has 0 aromatic carbocycles. The average Bonchev–Trinajstić information content (AvgIpc) is 2.77. The molecular formula is C11H15NO7S. The second kappa shape index (κ2) is 6.06. The van der Waals surface area contributed by atoms with Crippen LogP contribution in [0, 0.1) is 6.92 Å². The van der Waals surface area contributed by atoms with Crippen molar-refractivity contribution in [2.75, 3.05) is 7.11 Å². The fourth-order valence-corrected chi connectivity index (χ4v) is 2.72. The zero-order chi connectivity index (χ0) is 15.5. The van der Waals surface area contributed by atoms with Crippen molar-refractivity contribution >= 4 is 22.0 Å². The van der Waals surface area contributed by atoms with E-state index in [9.17, 15) is 18.0 Å². The molecule has 20 heavy (non-hydrogen) atoms. The first-order chi connectivity index (χ1) is 9.22. The van der Waals surface area contributed by atoms with E-state index in [4.69, 9.17) is 9.52 Å². The van der Waals surface area contributed by atoms with E-state index in [0.717, 1.165) is 13.2 Å². The summed E-state index contributed by atoms with van der Waals surface area (Å²) in [6.45, 7) is 2.92. The molecule has 0 saturated carbocycles. The highest BCUT2D eigenvalue weighted by Gasteiger charge is 2.28. The number of carbonyl (C=O) groups excluding carboxylic acids is 1. The number of carboxylic acid groups (broad SMARTS) is 1. The van der Waals surface area contributed by atoms with E-state index in [-0.39, 0.29) is 17.7 Å². The van der Waals surface area contributed by atoms with Gasteiger partial charge in [0.1, 0.15) is 17.4 Å². The topological polar surface area (TPSA) is 123 Å². The van der Waals surface area contributed by atoms with Crippen molar-refractivity contribution in [2.24, 2.45) is 0 Å². The summed E-state index contributed by atoms with van der Waals surface area (Å²) in [5.74, 6) is -1.97. The molecule has 0 fully saturated rings. The van der Waals surface area contributed by atoms with E-state index in [1.165, 1.54) is 13.8 Å². The van der Waals surface area contributed by atoms with Crippen LogP contribution < -0.4 is 4.72 Å². The first kappa shape index (κ1) is 16.2. The minimum Gasteiger partial charge on any atom is -0.480 e. The zero-order valence-electron chi connectivity index (χ0n) is 11.2. The minimum atomic E-state index is -4.17. The summed E-state index contributed by atoms with van der Waals surface area (Å²) in [6, 6.07) is -0.273. The molecule has 9 heteroatoms. The molecule has 0 spiro atoms. The predicted molar refractivity (Wildman–Crippen MR) is 66.8 cm³/mol. The normalized spacial score (nSPS) is 12.9. The molecular weight excluding hydrogens is 290 g/mol. The molecule has 2 N–H and O–H groups in total. The molecule has 0 aliphatic heterocycles. The van der Waals surface area contributed by atoms with Gasteiger partial charge in [-0.3, -0.25) is 4.79 Å². The Labute approximate surface area is 115 Å². The molecule has 0 aliphatic carbocycles. The summed E-state index contributed by atoms with van der Waals surface area (Å²) in [4.78, 5) is 22.2. The van der Waals surface area contributed by atoms with E-state index in [0.29, 0.717) is 0 Å². The highest BCUT2D eigenvalue weighted by Crippen LogP contribution is 2.20. The Bertz CT molecular complexity index is 617. The third kappa shape index (κ3) is 3.36. The highest BCUT2D eigenvalue weighted by atomic mass is 32.2. The second-order valence-electron chi connectivity index (χ2n) is 3.95. The summed E-state index contributed by atoms with van der Waals surface area (Å²) >= 11 is 0. The van der Waals surface area contributed by atoms with Crippen LogP contribution in [0.15, 0.2) is 15.6 Å². The molecule has 0 saturated heterocycles. The van der Waals surface area contributed by atoms with Gasteiger partial charge >= 0.3 is 11.9 Å². The molecule has 1 aromatic rings. The van der Waals surface area contributed by atoms with Crippen molar-refractivity contribution in [3.63, 3.8) is 0 Å². The highest BCUT2D eigenvalue weighted by molar-refractivity contribution is 7.89. The number of nitrogens with one attached hydrogen (secondary N) is 1. The standard InChI is InChI=1S/C11H15NO7S/c1-4-8(10(13)14)12-20(16,17)9-5-7(6(2)19-9)11(15)18-3/h5,8,12H,4H2,1-3H3,(H,13,14). The summed E-state index contributed by atoms with van der Waals surface area (Å²) in [5.41, 5.74) is -0.0313. The maximum Gasteiger partial charge on any atom is 0.341 e. The Morgan fingerprint density at radius 1 is 1.50 bits per heavy atom. The van der Waals surface area contributed by atoms with Gasteiger partial charge in [0.2, 0.25) is 5.09 Å². The second-order valence-corrected chi connectivity index (χ2v) is 5.59. The molecule has 1 unspecified atom stereocenters. The summed E-state index contributed by atoms with van der Waals surface area (Å²) in [6.07, 6.45) is 0.0676. The van der Waals surface area contributed by atoms with Gasteiger partial charge in [0.15, 0.2) is 0 Å². The lowest BCUT2D eigenvalue weighted by Crippen LogP contribution is -2.40.